The monoisotopic (exact) mass is 1460 g/mol. The second-order valence-corrected chi connectivity index (χ2v) is 30.0. The van der Waals surface area contributed by atoms with E-state index in [9.17, 15) is 47.9 Å². The van der Waals surface area contributed by atoms with Crippen LogP contribution in [0.1, 0.15) is 116 Å². The summed E-state index contributed by atoms with van der Waals surface area (Å²) in [6, 6.07) is 6.86. The van der Waals surface area contributed by atoms with Crippen molar-refractivity contribution in [3.8, 4) is 18.2 Å². The molecule has 6 N–H and O–H groups in total. The predicted octanol–water partition coefficient (Wildman–Crippen LogP) is 2.79. The smallest absolute Gasteiger partial charge is 0.409 e. The van der Waals surface area contributed by atoms with E-state index in [0.717, 1.165) is 155 Å². The van der Waals surface area contributed by atoms with Gasteiger partial charge in [-0.05, 0) is 156 Å². The molecule has 5 aliphatic carbocycles. The Hall–Kier alpha value is -7.65. The number of hydrogen-bond acceptors (Lipinski definition) is 22. The van der Waals surface area contributed by atoms with Gasteiger partial charge >= 0.3 is 30.5 Å². The molecule has 3 unspecified atom stereocenters. The highest BCUT2D eigenvalue weighted by Gasteiger charge is 2.47. The lowest BCUT2D eigenvalue weighted by Gasteiger charge is -2.22. The van der Waals surface area contributed by atoms with Gasteiger partial charge in [0.25, 0.3) is 0 Å². The molecule has 5 saturated carbocycles. The van der Waals surface area contributed by atoms with Crippen LogP contribution in [0.4, 0.5) is 19.2 Å². The van der Waals surface area contributed by atoms with Crippen LogP contribution in [0.25, 0.3) is 4.85 Å². The summed E-state index contributed by atoms with van der Waals surface area (Å²) >= 11 is 0. The van der Waals surface area contributed by atoms with Crippen LogP contribution < -0.4 is 27.0 Å². The molecule has 17 atom stereocenters. The van der Waals surface area contributed by atoms with E-state index in [4.69, 9.17) is 42.3 Å². The SMILES string of the molecule is COC(=O)N1C[C@H]2CC(=O)C[C@H]2C1.COC(=O)N1C[C@H]2CC(NCC(=O)N3CCC[C@H]3C#N)C[C@H]2C1.COC(=O)N1C[C@H]2CC(NCC(=O)N3CCC[C@H]3C#N)C[C@H]2C1.COC(=O)N1C[C@H]2CC(NCC(=O)N3CCC[C@H]3C#N)C[C@H]2C1.Cl.O=C1C[C@H]2CNC[C@H]2C1.[C-]#[N+][C@@H]1CCCN1C(=O)CN. The van der Waals surface area contributed by atoms with Crippen LogP contribution in [-0.4, -0.2) is 287 Å². The minimum atomic E-state index is -0.262. The maximum absolute atomic E-state index is 12.2. The topological polar surface area (TPSA) is 383 Å². The van der Waals surface area contributed by atoms with Crippen LogP contribution in [-0.2, 0) is 47.7 Å². The van der Waals surface area contributed by atoms with E-state index in [1.165, 1.54) is 28.4 Å². The van der Waals surface area contributed by atoms with Gasteiger partial charge in [-0.25, -0.2) is 25.8 Å². The maximum Gasteiger partial charge on any atom is 0.409 e. The third kappa shape index (κ3) is 21.1. The number of ether oxygens (including phenoxy) is 4. The fraction of sp³-hybridized carbons (Fsp3) is 0.803. The molecule has 8 amide bonds. The zero-order valence-corrected chi connectivity index (χ0v) is 61.2. The lowest BCUT2D eigenvalue weighted by Crippen LogP contribution is -2.43. The molecule has 0 aromatic heterocycles. The Morgan fingerprint density at radius 2 is 0.718 bits per heavy atom. The Labute approximate surface area is 611 Å². The van der Waals surface area contributed by atoms with E-state index < -0.39 is 0 Å². The van der Waals surface area contributed by atoms with Gasteiger partial charge in [-0.1, -0.05) is 0 Å². The van der Waals surface area contributed by atoms with Crippen LogP contribution >= 0.6 is 12.4 Å². The number of carbonyl (C=O) groups is 10. The number of hydrogen-bond donors (Lipinski definition) is 5. The van der Waals surface area contributed by atoms with Gasteiger partial charge in [-0.3, -0.25) is 38.5 Å². The van der Waals surface area contributed by atoms with Crippen molar-refractivity contribution >= 4 is 72.0 Å². The van der Waals surface area contributed by atoms with Gasteiger partial charge in [0.15, 0.2) is 0 Å². The number of likely N-dealkylation sites (tertiary alicyclic amines) is 8. The largest absolute Gasteiger partial charge is 0.453 e. The van der Waals surface area contributed by atoms with E-state index in [-0.39, 0.29) is 91.2 Å². The predicted molar refractivity (Wildman–Crippen MR) is 374 cm³/mol. The van der Waals surface area contributed by atoms with Crippen molar-refractivity contribution in [2.24, 2.45) is 64.9 Å². The quantitative estimate of drug-likeness (QED) is 0.155. The lowest BCUT2D eigenvalue weighted by molar-refractivity contribution is -0.131. The highest BCUT2D eigenvalue weighted by atomic mass is 35.5. The molecule has 103 heavy (non-hydrogen) atoms. The van der Waals surface area contributed by atoms with Crippen molar-refractivity contribution in [2.45, 2.75) is 158 Å². The number of rotatable bonds is 10. The molecule has 0 bridgehead atoms. The Kier molecular flexibility index (Phi) is 30.6. The van der Waals surface area contributed by atoms with Crippen molar-refractivity contribution in [3.05, 3.63) is 11.4 Å². The van der Waals surface area contributed by atoms with E-state index in [1.807, 2.05) is 0 Å². The lowest BCUT2D eigenvalue weighted by atomic mass is 10.0. The van der Waals surface area contributed by atoms with Gasteiger partial charge in [-0.2, -0.15) is 15.8 Å². The average molecular weight is 1460 g/mol. The number of fused-ring (bicyclic) bond motifs is 5. The number of nitrogens with one attached hydrogen (secondary N) is 4. The molecule has 0 aromatic carbocycles. The van der Waals surface area contributed by atoms with Crippen molar-refractivity contribution in [1.82, 2.24) is 60.5 Å². The first-order valence-corrected chi connectivity index (χ1v) is 36.9. The number of carbonyl (C=O) groups excluding carboxylic acids is 10. The van der Waals surface area contributed by atoms with Crippen LogP contribution in [0.15, 0.2) is 0 Å². The van der Waals surface area contributed by atoms with Gasteiger partial charge in [0, 0.05) is 129 Å². The molecular weight excluding hydrogens is 1350 g/mol. The van der Waals surface area contributed by atoms with Crippen LogP contribution in [0, 0.1) is 99.7 Å². The summed E-state index contributed by atoms with van der Waals surface area (Å²) in [4.78, 5) is 132. The van der Waals surface area contributed by atoms with Crippen molar-refractivity contribution in [1.29, 1.82) is 15.8 Å². The highest BCUT2D eigenvalue weighted by molar-refractivity contribution is 5.85. The number of ketones is 2. The molecule has 0 aromatic rings. The Balaban J connectivity index is 0.000000161. The molecule has 9 heterocycles. The van der Waals surface area contributed by atoms with Gasteiger partial charge in [0.1, 0.15) is 29.7 Å². The van der Waals surface area contributed by atoms with Gasteiger partial charge in [-0.15, -0.1) is 12.4 Å². The number of Topliss-reactive ketones (excluding diaryl/α,β-unsaturated/α-hetero) is 2. The third-order valence-corrected chi connectivity index (χ3v) is 23.7. The summed E-state index contributed by atoms with van der Waals surface area (Å²) in [6.07, 6.45) is 14.6. The molecular formula is C71H108ClN17O14. The normalized spacial score (nSPS) is 32.1. The number of methoxy groups -OCH3 is 4. The van der Waals surface area contributed by atoms with Gasteiger partial charge < -0.3 is 80.2 Å². The van der Waals surface area contributed by atoms with E-state index >= 15 is 0 Å². The molecule has 14 rings (SSSR count). The average Bonchev–Trinajstić information content (AvgIpc) is 1.68. The highest BCUT2D eigenvalue weighted by Crippen LogP contribution is 2.42. The molecule has 0 spiro atoms. The van der Waals surface area contributed by atoms with E-state index in [2.05, 4.69) is 49.1 Å². The molecule has 0 radical (unpaired) electrons. The number of nitriles is 3. The summed E-state index contributed by atoms with van der Waals surface area (Å²) < 4.78 is 19.0. The summed E-state index contributed by atoms with van der Waals surface area (Å²) in [6.45, 7) is 18.6. The molecule has 568 valence electrons. The maximum atomic E-state index is 12.2. The minimum absolute atomic E-state index is 0. The molecule has 14 fully saturated rings. The Bertz CT molecular complexity index is 2870. The second kappa shape index (κ2) is 38.9. The molecule has 14 aliphatic rings. The van der Waals surface area contributed by atoms with Gasteiger partial charge in [0.2, 0.25) is 23.6 Å². The van der Waals surface area contributed by atoms with E-state index in [0.29, 0.717) is 161 Å². The zero-order chi connectivity index (χ0) is 73.1. The first kappa shape index (κ1) is 81.0. The number of nitrogens with zero attached hydrogens (tertiary/aromatic N) is 12. The van der Waals surface area contributed by atoms with E-state index in [1.54, 1.807) is 39.2 Å². The Morgan fingerprint density at radius 3 is 0.990 bits per heavy atom. The van der Waals surface area contributed by atoms with Crippen LogP contribution in [0.5, 0.6) is 0 Å². The third-order valence-electron chi connectivity index (χ3n) is 23.7. The summed E-state index contributed by atoms with van der Waals surface area (Å²) in [5.74, 6) is 5.98. The molecule has 31 nitrogen and oxygen atoms in total. The molecule has 9 aliphatic heterocycles. The number of halogens is 1. The summed E-state index contributed by atoms with van der Waals surface area (Å²) in [5.41, 5.74) is 5.17. The number of nitrogens with two attached hydrogens (primary N) is 1. The van der Waals surface area contributed by atoms with Crippen molar-refractivity contribution < 1.29 is 66.9 Å². The fourth-order valence-electron chi connectivity index (χ4n) is 18.4. The van der Waals surface area contributed by atoms with Crippen LogP contribution in [0.3, 0.4) is 0 Å². The Morgan fingerprint density at radius 1 is 0.447 bits per heavy atom. The van der Waals surface area contributed by atoms with Gasteiger partial charge in [0.05, 0.1) is 72.8 Å². The molecule has 9 saturated heterocycles. The second-order valence-electron chi connectivity index (χ2n) is 30.0. The van der Waals surface area contributed by atoms with Crippen molar-refractivity contribution in [3.63, 3.8) is 0 Å². The first-order valence-electron chi connectivity index (χ1n) is 36.9. The van der Waals surface area contributed by atoms with Crippen LogP contribution in [0.2, 0.25) is 0 Å². The first-order chi connectivity index (χ1) is 49.2. The molecule has 32 heteroatoms. The number of amides is 8. The summed E-state index contributed by atoms with van der Waals surface area (Å²) in [5, 5.41) is 40.5. The van der Waals surface area contributed by atoms with Crippen molar-refractivity contribution in [2.75, 3.05) is 146 Å². The standard InChI is InChI=1S/3C16H24N4O3.C9H13NO3.C7H11N3O.C7H11NO.ClH/c3*1-23-16(22)19-9-11-5-13(6-12(11)10-19)18-8-15(21)20-4-2-3-14(20)7-17;1-13-9(12)10-4-6-2-8(11)3-7(6)5-10;1-9-6-3-2-4-10(6)7(11)5-8;9-7-1-5-3-8-4-6(5)2-7;/h3*11-14,18H,2-6,8-10H2,1H3;6-7H,2-5H2,1H3;6H,2-5,8H2;5-6,8H,1-4H2;1H/t3*11-,12+,13?,14-;6-,7+;6-;5-,6+;/m000.0../s1. The summed E-state index contributed by atoms with van der Waals surface area (Å²) in [7, 11) is 5.64. The zero-order valence-electron chi connectivity index (χ0n) is 60.3. The fourth-order valence-corrected chi connectivity index (χ4v) is 18.4. The minimum Gasteiger partial charge on any atom is -0.453 e.